The van der Waals surface area contributed by atoms with Crippen molar-refractivity contribution in [2.24, 2.45) is 0 Å². The minimum Gasteiger partial charge on any atom is -0.549 e. The number of hydrogen-bond acceptors (Lipinski definition) is 3. The highest BCUT2D eigenvalue weighted by atomic mass is 35.5. The molecule has 0 spiro atoms. The number of halogens is 1. The van der Waals surface area contributed by atoms with E-state index in [9.17, 15) is 0 Å². The van der Waals surface area contributed by atoms with Crippen LogP contribution in [0.1, 0.15) is 11.3 Å². The lowest BCUT2D eigenvalue weighted by Crippen LogP contribution is -2.40. The number of H-pyrrole nitrogens is 1. The van der Waals surface area contributed by atoms with Gasteiger partial charge in [-0.2, -0.15) is 0 Å². The Morgan fingerprint density at radius 2 is 2.05 bits per heavy atom. The maximum atomic E-state index is 9.12. The van der Waals surface area contributed by atoms with E-state index in [1.807, 2.05) is 12.1 Å². The molecule has 2 rings (SSSR count). The summed E-state index contributed by atoms with van der Waals surface area (Å²) in [6, 6.07) is 4.06. The fraction of sp³-hybridized carbons (Fsp3) is 0.308. The quantitative estimate of drug-likeness (QED) is 0.793. The van der Waals surface area contributed by atoms with Crippen LogP contribution in [0.15, 0.2) is 12.1 Å². The van der Waals surface area contributed by atoms with Crippen molar-refractivity contribution >= 4 is 34.2 Å². The summed E-state index contributed by atoms with van der Waals surface area (Å²) >= 11 is 4.67. The van der Waals surface area contributed by atoms with Gasteiger partial charge >= 0.3 is 0 Å². The molecule has 4 N–H and O–H groups in total. The molecule has 0 aliphatic carbocycles. The van der Waals surface area contributed by atoms with Gasteiger partial charge in [0.15, 0.2) is 11.4 Å². The Labute approximate surface area is 116 Å². The molecule has 0 radical (unpaired) electrons. The van der Waals surface area contributed by atoms with Gasteiger partial charge in [0.25, 0.3) is 0 Å². The van der Waals surface area contributed by atoms with Crippen LogP contribution in [-0.4, -0.2) is 23.9 Å². The molecule has 0 unspecified atom stereocenters. The zero-order valence-electron chi connectivity index (χ0n) is 11.2. The van der Waals surface area contributed by atoms with Crippen molar-refractivity contribution in [3.63, 3.8) is 0 Å². The van der Waals surface area contributed by atoms with Gasteiger partial charge in [-0.1, -0.05) is 0 Å². The van der Waals surface area contributed by atoms with E-state index in [0.717, 1.165) is 17.0 Å². The van der Waals surface area contributed by atoms with Crippen molar-refractivity contribution in [3.05, 3.63) is 23.4 Å². The molecule has 1 aromatic heterocycles. The molecule has 1 heterocycles. The highest BCUT2D eigenvalue weighted by Crippen LogP contribution is 2.29. The molecule has 1 aromatic carbocycles. The number of benzene rings is 1. The van der Waals surface area contributed by atoms with Crippen molar-refractivity contribution in [2.75, 3.05) is 13.0 Å². The Bertz CT molecular complexity index is 593. The number of ether oxygens (including phenoxy) is 1. The van der Waals surface area contributed by atoms with Gasteiger partial charge in [-0.05, 0) is 25.5 Å². The zero-order valence-corrected chi connectivity index (χ0v) is 11.9. The second-order valence-corrected chi connectivity index (χ2v) is 4.36. The third kappa shape index (κ3) is 3.62. The molecule has 0 atom stereocenters. The molecular formula is C13H17ClN2O3. The second kappa shape index (κ2) is 6.45. The van der Waals surface area contributed by atoms with Gasteiger partial charge < -0.3 is 25.4 Å². The molecular weight excluding hydrogens is 268 g/mol. The first-order valence-electron chi connectivity index (χ1n) is 5.65. The number of carbonyl (C=O) groups excluding carboxylic acids is 1. The number of methoxy groups -OCH3 is 1. The van der Waals surface area contributed by atoms with Gasteiger partial charge in [-0.15, -0.1) is 11.6 Å². The molecule has 2 aromatic rings. The monoisotopic (exact) mass is 284 g/mol. The SMILES string of the molecule is COc1cc2c(C)c(C)[nH]c2cc1[NH3+].O=C([O-])CCl. The summed E-state index contributed by atoms with van der Waals surface area (Å²) in [5.74, 6) is -0.800. The third-order valence-electron chi connectivity index (χ3n) is 2.82. The topological polar surface area (TPSA) is 92.8 Å². The number of aromatic amines is 1. The standard InChI is InChI=1S/C11H14N2O.C2H3ClO2/c1-6-7(2)13-10-5-9(12)11(14-3)4-8(6)10;3-1-2(4)5/h4-5,13H,12H2,1-3H3;1H2,(H,4,5). The minimum atomic E-state index is -1.23. The van der Waals surface area contributed by atoms with Gasteiger partial charge in [-0.25, -0.2) is 0 Å². The Kier molecular flexibility index (Phi) is 5.20. The largest absolute Gasteiger partial charge is 0.549 e. The van der Waals surface area contributed by atoms with Crippen LogP contribution in [0.3, 0.4) is 0 Å². The van der Waals surface area contributed by atoms with E-state index in [1.165, 1.54) is 16.6 Å². The van der Waals surface area contributed by atoms with Gasteiger partial charge in [0.2, 0.25) is 0 Å². The molecule has 0 aliphatic rings. The van der Waals surface area contributed by atoms with Crippen LogP contribution < -0.4 is 15.6 Å². The average Bonchev–Trinajstić information content (AvgIpc) is 2.64. The normalized spacial score (nSPS) is 9.95. The summed E-state index contributed by atoms with van der Waals surface area (Å²) in [6.45, 7) is 4.18. The summed E-state index contributed by atoms with van der Waals surface area (Å²) in [6.07, 6.45) is 0. The number of carbonyl (C=O) groups is 1. The van der Waals surface area contributed by atoms with Crippen LogP contribution >= 0.6 is 11.6 Å². The maximum absolute atomic E-state index is 9.12. The number of rotatable bonds is 2. The summed E-state index contributed by atoms with van der Waals surface area (Å²) in [7, 11) is 1.67. The number of carboxylic acids is 1. The average molecular weight is 285 g/mol. The predicted molar refractivity (Wildman–Crippen MR) is 72.6 cm³/mol. The molecule has 5 nitrogen and oxygen atoms in total. The van der Waals surface area contributed by atoms with Crippen molar-refractivity contribution in [1.29, 1.82) is 0 Å². The lowest BCUT2D eigenvalue weighted by molar-refractivity contribution is -0.301. The Morgan fingerprint density at radius 1 is 1.47 bits per heavy atom. The smallest absolute Gasteiger partial charge is 0.180 e. The van der Waals surface area contributed by atoms with Crippen LogP contribution in [0.25, 0.3) is 10.9 Å². The highest BCUT2D eigenvalue weighted by Gasteiger charge is 2.09. The number of aryl methyl sites for hydroxylation is 2. The lowest BCUT2D eigenvalue weighted by Gasteiger charge is -2.01. The maximum Gasteiger partial charge on any atom is 0.180 e. The zero-order chi connectivity index (χ0) is 14.6. The minimum absolute atomic E-state index is 0.417. The van der Waals surface area contributed by atoms with Crippen LogP contribution in [0.2, 0.25) is 0 Å². The second-order valence-electron chi connectivity index (χ2n) is 4.09. The van der Waals surface area contributed by atoms with Crippen LogP contribution in [0, 0.1) is 13.8 Å². The van der Waals surface area contributed by atoms with Crippen molar-refractivity contribution in [3.8, 4) is 5.75 Å². The molecule has 0 amide bonds. The van der Waals surface area contributed by atoms with Gasteiger partial charge in [0.05, 0.1) is 24.5 Å². The van der Waals surface area contributed by atoms with Crippen LogP contribution in [0.4, 0.5) is 5.69 Å². The number of aliphatic carboxylic acids is 1. The number of carboxylic acid groups (broad SMARTS) is 1. The van der Waals surface area contributed by atoms with Crippen LogP contribution in [0.5, 0.6) is 5.75 Å². The van der Waals surface area contributed by atoms with Crippen molar-refractivity contribution in [1.82, 2.24) is 4.98 Å². The molecule has 0 fully saturated rings. The predicted octanol–water partition coefficient (Wildman–Crippen LogP) is 0.642. The molecule has 104 valence electrons. The fourth-order valence-electron chi connectivity index (χ4n) is 1.73. The first-order valence-corrected chi connectivity index (χ1v) is 6.18. The van der Waals surface area contributed by atoms with E-state index in [4.69, 9.17) is 14.6 Å². The fourth-order valence-corrected chi connectivity index (χ4v) is 1.73. The van der Waals surface area contributed by atoms with Gasteiger partial charge in [-0.3, -0.25) is 0 Å². The van der Waals surface area contributed by atoms with Gasteiger partial charge in [0, 0.05) is 17.1 Å². The summed E-state index contributed by atoms with van der Waals surface area (Å²) in [5, 5.41) is 10.3. The van der Waals surface area contributed by atoms with Gasteiger partial charge in [0.1, 0.15) is 0 Å². The van der Waals surface area contributed by atoms with Crippen molar-refractivity contribution in [2.45, 2.75) is 13.8 Å². The Hall–Kier alpha value is -1.72. The third-order valence-corrected chi connectivity index (χ3v) is 3.04. The van der Waals surface area contributed by atoms with E-state index in [2.05, 4.69) is 36.2 Å². The van der Waals surface area contributed by atoms with E-state index < -0.39 is 11.8 Å². The molecule has 6 heteroatoms. The molecule has 19 heavy (non-hydrogen) atoms. The molecule has 0 saturated carbocycles. The first-order chi connectivity index (χ1) is 8.90. The summed E-state index contributed by atoms with van der Waals surface area (Å²) in [4.78, 5) is 12.4. The lowest BCUT2D eigenvalue weighted by atomic mass is 10.1. The Balaban J connectivity index is 0.000000312. The van der Waals surface area contributed by atoms with E-state index in [0.29, 0.717) is 0 Å². The molecule has 0 aliphatic heterocycles. The summed E-state index contributed by atoms with van der Waals surface area (Å²) in [5.41, 5.74) is 8.46. The summed E-state index contributed by atoms with van der Waals surface area (Å²) < 4.78 is 5.24. The number of quaternary nitrogens is 1. The number of aromatic nitrogens is 1. The van der Waals surface area contributed by atoms with E-state index in [1.54, 1.807) is 7.11 Å². The highest BCUT2D eigenvalue weighted by molar-refractivity contribution is 6.25. The van der Waals surface area contributed by atoms with E-state index >= 15 is 0 Å². The number of nitrogens with one attached hydrogen (secondary N) is 1. The number of hydrogen-bond donors (Lipinski definition) is 2. The molecule has 0 saturated heterocycles. The van der Waals surface area contributed by atoms with E-state index in [-0.39, 0.29) is 0 Å². The Morgan fingerprint density at radius 3 is 2.53 bits per heavy atom. The number of fused-ring (bicyclic) bond motifs is 1. The first kappa shape index (κ1) is 15.3. The van der Waals surface area contributed by atoms with Crippen molar-refractivity contribution < 1.29 is 20.4 Å². The van der Waals surface area contributed by atoms with Crippen LogP contribution in [-0.2, 0) is 4.79 Å². The molecule has 0 bridgehead atoms. The number of alkyl halides is 1.